The fourth-order valence-electron chi connectivity index (χ4n) is 4.11. The molecule has 0 saturated carbocycles. The molecule has 0 radical (unpaired) electrons. The average molecular weight is 386 g/mol. The molecule has 6 nitrogen and oxygen atoms in total. The van der Waals surface area contributed by atoms with Crippen LogP contribution >= 0.6 is 0 Å². The van der Waals surface area contributed by atoms with Crippen molar-refractivity contribution in [3.63, 3.8) is 0 Å². The number of halogens is 1. The van der Waals surface area contributed by atoms with E-state index < -0.39 is 0 Å². The van der Waals surface area contributed by atoms with Gasteiger partial charge in [0.05, 0.1) is 18.3 Å². The Morgan fingerprint density at radius 3 is 2.86 bits per heavy atom. The molecule has 2 fully saturated rings. The van der Waals surface area contributed by atoms with E-state index >= 15 is 0 Å². The van der Waals surface area contributed by atoms with Crippen LogP contribution in [-0.2, 0) is 22.6 Å². The molecule has 28 heavy (non-hydrogen) atoms. The van der Waals surface area contributed by atoms with Gasteiger partial charge in [-0.15, -0.1) is 0 Å². The van der Waals surface area contributed by atoms with Crippen molar-refractivity contribution in [2.24, 2.45) is 0 Å². The van der Waals surface area contributed by atoms with Gasteiger partial charge >= 0.3 is 0 Å². The van der Waals surface area contributed by atoms with Gasteiger partial charge in [0.2, 0.25) is 0 Å². The van der Waals surface area contributed by atoms with E-state index in [9.17, 15) is 9.18 Å². The standard InChI is InChI=1S/C21H27FN4O2/c1-2-8-25-14-17(12-23-25)13-24-9-6-21(7-10-24)16-26(20(27)15-28-21)19-5-3-4-18(22)11-19/h3-5,11-12,14H,2,6-10,13,15-16H2,1H3. The maximum atomic E-state index is 13.6. The van der Waals surface area contributed by atoms with Gasteiger partial charge in [0.15, 0.2) is 0 Å². The zero-order chi connectivity index (χ0) is 19.6. The molecule has 0 bridgehead atoms. The lowest BCUT2D eigenvalue weighted by Gasteiger charge is -2.47. The molecule has 0 N–H and O–H groups in total. The largest absolute Gasteiger partial charge is 0.363 e. The number of carbonyl (C=O) groups is 1. The summed E-state index contributed by atoms with van der Waals surface area (Å²) >= 11 is 0. The quantitative estimate of drug-likeness (QED) is 0.793. The highest BCUT2D eigenvalue weighted by atomic mass is 19.1. The van der Waals surface area contributed by atoms with Gasteiger partial charge in [-0.3, -0.25) is 14.4 Å². The lowest BCUT2D eigenvalue weighted by molar-refractivity contribution is -0.144. The number of carbonyl (C=O) groups excluding carboxylic acids is 1. The molecular formula is C21H27FN4O2. The van der Waals surface area contributed by atoms with E-state index in [4.69, 9.17) is 4.74 Å². The first-order valence-corrected chi connectivity index (χ1v) is 10.0. The van der Waals surface area contributed by atoms with Crippen molar-refractivity contribution >= 4 is 11.6 Å². The van der Waals surface area contributed by atoms with E-state index in [0.29, 0.717) is 12.2 Å². The number of ether oxygens (including phenoxy) is 1. The Balaban J connectivity index is 1.38. The molecule has 2 aromatic rings. The van der Waals surface area contributed by atoms with Crippen molar-refractivity contribution in [3.8, 4) is 0 Å². The summed E-state index contributed by atoms with van der Waals surface area (Å²) in [6, 6.07) is 6.23. The number of anilines is 1. The van der Waals surface area contributed by atoms with Gasteiger partial charge in [-0.05, 0) is 37.5 Å². The third-order valence-corrected chi connectivity index (χ3v) is 5.68. The van der Waals surface area contributed by atoms with Gasteiger partial charge < -0.3 is 9.64 Å². The summed E-state index contributed by atoms with van der Waals surface area (Å²) in [5, 5.41) is 4.40. The third kappa shape index (κ3) is 4.10. The highest BCUT2D eigenvalue weighted by Gasteiger charge is 2.42. The molecule has 1 amide bonds. The molecule has 1 aromatic carbocycles. The first kappa shape index (κ1) is 19.1. The van der Waals surface area contributed by atoms with Crippen LogP contribution in [0.5, 0.6) is 0 Å². The predicted molar refractivity (Wildman–Crippen MR) is 104 cm³/mol. The second-order valence-corrected chi connectivity index (χ2v) is 7.82. The lowest BCUT2D eigenvalue weighted by Crippen LogP contribution is -2.58. The van der Waals surface area contributed by atoms with Crippen LogP contribution in [0.2, 0.25) is 0 Å². The highest BCUT2D eigenvalue weighted by Crippen LogP contribution is 2.33. The van der Waals surface area contributed by atoms with Gasteiger partial charge in [0, 0.05) is 43.6 Å². The molecule has 2 saturated heterocycles. The van der Waals surface area contributed by atoms with Crippen molar-refractivity contribution < 1.29 is 13.9 Å². The van der Waals surface area contributed by atoms with Crippen molar-refractivity contribution in [3.05, 3.63) is 48.0 Å². The summed E-state index contributed by atoms with van der Waals surface area (Å²) in [7, 11) is 0. The second kappa shape index (κ2) is 8.01. The summed E-state index contributed by atoms with van der Waals surface area (Å²) in [6.45, 7) is 6.33. The van der Waals surface area contributed by atoms with Crippen molar-refractivity contribution in [2.45, 2.75) is 44.9 Å². The Morgan fingerprint density at radius 2 is 2.11 bits per heavy atom. The molecule has 2 aliphatic rings. The maximum absolute atomic E-state index is 13.6. The number of likely N-dealkylation sites (tertiary alicyclic amines) is 1. The van der Waals surface area contributed by atoms with Crippen LogP contribution in [0.1, 0.15) is 31.7 Å². The zero-order valence-electron chi connectivity index (χ0n) is 16.3. The topological polar surface area (TPSA) is 50.6 Å². The van der Waals surface area contributed by atoms with E-state index in [-0.39, 0.29) is 23.9 Å². The Hall–Kier alpha value is -2.25. The Kier molecular flexibility index (Phi) is 5.46. The number of morpholine rings is 1. The van der Waals surface area contributed by atoms with Crippen molar-refractivity contribution in [2.75, 3.05) is 31.1 Å². The van der Waals surface area contributed by atoms with Crippen molar-refractivity contribution in [1.29, 1.82) is 0 Å². The molecular weight excluding hydrogens is 359 g/mol. The van der Waals surface area contributed by atoms with Crippen LogP contribution in [-0.4, -0.2) is 52.4 Å². The number of amides is 1. The minimum absolute atomic E-state index is 0.0559. The number of aromatic nitrogens is 2. The fourth-order valence-corrected chi connectivity index (χ4v) is 4.11. The fraction of sp³-hybridized carbons (Fsp3) is 0.524. The number of hydrogen-bond acceptors (Lipinski definition) is 4. The number of piperidine rings is 1. The lowest BCUT2D eigenvalue weighted by atomic mass is 9.89. The molecule has 7 heteroatoms. The summed E-state index contributed by atoms with van der Waals surface area (Å²) in [5.74, 6) is -0.439. The zero-order valence-corrected chi connectivity index (χ0v) is 16.3. The molecule has 0 aliphatic carbocycles. The molecule has 0 unspecified atom stereocenters. The van der Waals surface area contributed by atoms with Gasteiger partial charge in [0.25, 0.3) is 5.91 Å². The number of nitrogens with zero attached hydrogens (tertiary/aromatic N) is 4. The van der Waals surface area contributed by atoms with Gasteiger partial charge in [-0.25, -0.2) is 4.39 Å². The molecule has 1 spiro atoms. The van der Waals surface area contributed by atoms with Gasteiger partial charge in [-0.1, -0.05) is 13.0 Å². The van der Waals surface area contributed by atoms with Crippen LogP contribution in [0.25, 0.3) is 0 Å². The molecule has 2 aliphatic heterocycles. The number of rotatable bonds is 5. The van der Waals surface area contributed by atoms with Crippen LogP contribution in [0.4, 0.5) is 10.1 Å². The Labute approximate surface area is 164 Å². The first-order chi connectivity index (χ1) is 13.6. The van der Waals surface area contributed by atoms with Gasteiger partial charge in [0.1, 0.15) is 12.4 Å². The number of hydrogen-bond donors (Lipinski definition) is 0. The van der Waals surface area contributed by atoms with E-state index in [0.717, 1.165) is 45.4 Å². The SMILES string of the molecule is CCCn1cc(CN2CCC3(CC2)CN(c2cccc(F)c2)C(=O)CO3)cn1. The molecule has 3 heterocycles. The summed E-state index contributed by atoms with van der Waals surface area (Å²) < 4.78 is 21.6. The van der Waals surface area contributed by atoms with Crippen LogP contribution in [0.15, 0.2) is 36.7 Å². The van der Waals surface area contributed by atoms with E-state index in [2.05, 4.69) is 23.1 Å². The Bertz CT molecular complexity index is 829. The molecule has 1 aromatic heterocycles. The summed E-state index contributed by atoms with van der Waals surface area (Å²) in [6.07, 6.45) is 6.85. The van der Waals surface area contributed by atoms with E-state index in [1.165, 1.54) is 17.7 Å². The third-order valence-electron chi connectivity index (χ3n) is 5.68. The van der Waals surface area contributed by atoms with Crippen LogP contribution in [0, 0.1) is 5.82 Å². The maximum Gasteiger partial charge on any atom is 0.253 e. The average Bonchev–Trinajstić information content (AvgIpc) is 3.13. The van der Waals surface area contributed by atoms with Crippen molar-refractivity contribution in [1.82, 2.24) is 14.7 Å². The molecule has 0 atom stereocenters. The second-order valence-electron chi connectivity index (χ2n) is 7.82. The predicted octanol–water partition coefficient (Wildman–Crippen LogP) is 2.83. The minimum Gasteiger partial charge on any atom is -0.363 e. The Morgan fingerprint density at radius 1 is 1.29 bits per heavy atom. The number of aryl methyl sites for hydroxylation is 1. The van der Waals surface area contributed by atoms with Gasteiger partial charge in [-0.2, -0.15) is 5.10 Å². The first-order valence-electron chi connectivity index (χ1n) is 10.0. The smallest absolute Gasteiger partial charge is 0.253 e. The van der Waals surface area contributed by atoms with E-state index in [1.54, 1.807) is 17.0 Å². The minimum atomic E-state index is -0.344. The van der Waals surface area contributed by atoms with Crippen LogP contribution in [0.3, 0.4) is 0 Å². The monoisotopic (exact) mass is 386 g/mol. The molecule has 4 rings (SSSR count). The van der Waals surface area contributed by atoms with Crippen LogP contribution < -0.4 is 4.90 Å². The molecule has 150 valence electrons. The number of benzene rings is 1. The summed E-state index contributed by atoms with van der Waals surface area (Å²) in [5.41, 5.74) is 1.49. The summed E-state index contributed by atoms with van der Waals surface area (Å²) in [4.78, 5) is 16.4. The normalized spacial score (nSPS) is 20.1. The highest BCUT2D eigenvalue weighted by molar-refractivity contribution is 5.95. The van der Waals surface area contributed by atoms with E-state index in [1.807, 2.05) is 10.9 Å².